The number of carbonyl (C=O) groups is 2. The average molecular weight is 380 g/mol. The zero-order valence-electron chi connectivity index (χ0n) is 13.7. The summed E-state index contributed by atoms with van der Waals surface area (Å²) in [4.78, 5) is 23.8. The lowest BCUT2D eigenvalue weighted by Gasteiger charge is -2.10. The van der Waals surface area contributed by atoms with Crippen molar-refractivity contribution >= 4 is 46.4 Å². The zero-order valence-corrected chi connectivity index (χ0v) is 15.2. The second-order valence-corrected chi connectivity index (χ2v) is 6.20. The maximum atomic E-state index is 12.0. The SMILES string of the molecule is CCCNC(=O)c1ccc(NCC(=O)Nc2cc(Cl)ccc2Cl)cc1. The summed E-state index contributed by atoms with van der Waals surface area (Å²) in [5, 5.41) is 9.40. The molecule has 0 aromatic heterocycles. The van der Waals surface area contributed by atoms with Crippen LogP contribution in [-0.2, 0) is 4.79 Å². The zero-order chi connectivity index (χ0) is 18.2. The van der Waals surface area contributed by atoms with E-state index in [1.807, 2.05) is 6.92 Å². The van der Waals surface area contributed by atoms with Gasteiger partial charge in [-0.25, -0.2) is 0 Å². The van der Waals surface area contributed by atoms with Crippen LogP contribution in [0.4, 0.5) is 11.4 Å². The number of nitrogens with one attached hydrogen (secondary N) is 3. The first-order valence-electron chi connectivity index (χ1n) is 7.86. The molecular weight excluding hydrogens is 361 g/mol. The van der Waals surface area contributed by atoms with Gasteiger partial charge in [-0.05, 0) is 48.9 Å². The van der Waals surface area contributed by atoms with Gasteiger partial charge in [-0.15, -0.1) is 0 Å². The maximum Gasteiger partial charge on any atom is 0.251 e. The van der Waals surface area contributed by atoms with E-state index < -0.39 is 0 Å². The molecule has 0 bridgehead atoms. The predicted octanol–water partition coefficient (Wildman–Crippen LogP) is 4.18. The summed E-state index contributed by atoms with van der Waals surface area (Å²) in [6, 6.07) is 11.8. The number of halogens is 2. The Morgan fingerprint density at radius 2 is 1.76 bits per heavy atom. The first kappa shape index (κ1) is 19.1. The molecule has 0 saturated carbocycles. The Balaban J connectivity index is 1.87. The van der Waals surface area contributed by atoms with Crippen LogP contribution >= 0.6 is 23.2 Å². The maximum absolute atomic E-state index is 12.0. The third-order valence-electron chi connectivity index (χ3n) is 3.34. The van der Waals surface area contributed by atoms with Gasteiger partial charge in [0.25, 0.3) is 5.91 Å². The highest BCUT2D eigenvalue weighted by Crippen LogP contribution is 2.25. The minimum absolute atomic E-state index is 0.0597. The van der Waals surface area contributed by atoms with Gasteiger partial charge in [0.1, 0.15) is 0 Å². The third-order valence-corrected chi connectivity index (χ3v) is 3.90. The topological polar surface area (TPSA) is 70.2 Å². The van der Waals surface area contributed by atoms with E-state index in [-0.39, 0.29) is 18.4 Å². The summed E-state index contributed by atoms with van der Waals surface area (Å²) in [5.74, 6) is -0.365. The highest BCUT2D eigenvalue weighted by molar-refractivity contribution is 6.35. The Labute approximate surface area is 156 Å². The lowest BCUT2D eigenvalue weighted by atomic mass is 10.2. The smallest absolute Gasteiger partial charge is 0.251 e. The molecule has 0 aliphatic rings. The summed E-state index contributed by atoms with van der Waals surface area (Å²) in [7, 11) is 0. The number of carbonyl (C=O) groups excluding carboxylic acids is 2. The van der Waals surface area contributed by atoms with Crippen LogP contribution in [0.15, 0.2) is 42.5 Å². The van der Waals surface area contributed by atoms with Gasteiger partial charge >= 0.3 is 0 Å². The first-order valence-corrected chi connectivity index (χ1v) is 8.62. The number of benzene rings is 2. The molecule has 2 rings (SSSR count). The molecule has 0 radical (unpaired) electrons. The van der Waals surface area contributed by atoms with E-state index in [2.05, 4.69) is 16.0 Å². The average Bonchev–Trinajstić information content (AvgIpc) is 2.61. The van der Waals surface area contributed by atoms with E-state index in [0.717, 1.165) is 12.1 Å². The fourth-order valence-electron chi connectivity index (χ4n) is 2.05. The molecule has 0 heterocycles. The minimum atomic E-state index is -0.256. The van der Waals surface area contributed by atoms with E-state index in [0.29, 0.717) is 27.8 Å². The lowest BCUT2D eigenvalue weighted by Crippen LogP contribution is -2.24. The van der Waals surface area contributed by atoms with Crippen molar-refractivity contribution in [2.75, 3.05) is 23.7 Å². The second kappa shape index (κ2) is 9.30. The van der Waals surface area contributed by atoms with E-state index in [4.69, 9.17) is 23.2 Å². The molecule has 3 N–H and O–H groups in total. The van der Waals surface area contributed by atoms with Gasteiger partial charge in [-0.2, -0.15) is 0 Å². The third kappa shape index (κ3) is 5.96. The van der Waals surface area contributed by atoms with Crippen molar-refractivity contribution in [3.05, 3.63) is 58.1 Å². The summed E-state index contributed by atoms with van der Waals surface area (Å²) < 4.78 is 0. The molecule has 2 aromatic rings. The molecule has 2 aromatic carbocycles. The number of rotatable bonds is 7. The quantitative estimate of drug-likeness (QED) is 0.675. The highest BCUT2D eigenvalue weighted by atomic mass is 35.5. The van der Waals surface area contributed by atoms with Crippen molar-refractivity contribution in [2.45, 2.75) is 13.3 Å². The Morgan fingerprint density at radius 1 is 1.04 bits per heavy atom. The van der Waals surface area contributed by atoms with Crippen LogP contribution in [0.1, 0.15) is 23.7 Å². The molecule has 0 unspecified atom stereocenters. The Hall–Kier alpha value is -2.24. The van der Waals surface area contributed by atoms with Crippen LogP contribution in [0.25, 0.3) is 0 Å². The number of hydrogen-bond donors (Lipinski definition) is 3. The summed E-state index contributed by atoms with van der Waals surface area (Å²) in [6.07, 6.45) is 0.886. The van der Waals surface area contributed by atoms with E-state index in [1.54, 1.807) is 42.5 Å². The largest absolute Gasteiger partial charge is 0.376 e. The molecule has 0 aliphatic heterocycles. The van der Waals surface area contributed by atoms with Gasteiger partial charge < -0.3 is 16.0 Å². The molecule has 132 valence electrons. The second-order valence-electron chi connectivity index (χ2n) is 5.36. The monoisotopic (exact) mass is 379 g/mol. The summed E-state index contributed by atoms with van der Waals surface area (Å²) in [6.45, 7) is 2.70. The lowest BCUT2D eigenvalue weighted by molar-refractivity contribution is -0.114. The summed E-state index contributed by atoms with van der Waals surface area (Å²) >= 11 is 11.9. The summed E-state index contributed by atoms with van der Waals surface area (Å²) in [5.41, 5.74) is 1.78. The van der Waals surface area contributed by atoms with Crippen LogP contribution < -0.4 is 16.0 Å². The highest BCUT2D eigenvalue weighted by Gasteiger charge is 2.08. The molecular formula is C18H19Cl2N3O2. The number of anilines is 2. The number of hydrogen-bond acceptors (Lipinski definition) is 3. The van der Waals surface area contributed by atoms with E-state index in [9.17, 15) is 9.59 Å². The van der Waals surface area contributed by atoms with Crippen LogP contribution in [0.5, 0.6) is 0 Å². The Kier molecular flexibility index (Phi) is 7.10. The fraction of sp³-hybridized carbons (Fsp3) is 0.222. The van der Waals surface area contributed by atoms with Crippen LogP contribution in [-0.4, -0.2) is 24.9 Å². The minimum Gasteiger partial charge on any atom is -0.376 e. The normalized spacial score (nSPS) is 10.2. The molecule has 0 fully saturated rings. The Bertz CT molecular complexity index is 748. The molecule has 25 heavy (non-hydrogen) atoms. The Morgan fingerprint density at radius 3 is 2.44 bits per heavy atom. The van der Waals surface area contributed by atoms with Gasteiger partial charge in [0.15, 0.2) is 0 Å². The molecule has 0 saturated heterocycles. The van der Waals surface area contributed by atoms with Crippen LogP contribution in [0, 0.1) is 0 Å². The van der Waals surface area contributed by atoms with Gasteiger partial charge in [0.2, 0.25) is 5.91 Å². The van der Waals surface area contributed by atoms with Crippen molar-refractivity contribution in [1.82, 2.24) is 5.32 Å². The first-order chi connectivity index (χ1) is 12.0. The van der Waals surface area contributed by atoms with E-state index >= 15 is 0 Å². The fourth-order valence-corrected chi connectivity index (χ4v) is 2.39. The molecule has 0 atom stereocenters. The molecule has 0 spiro atoms. The van der Waals surface area contributed by atoms with Gasteiger partial charge in [0.05, 0.1) is 17.3 Å². The van der Waals surface area contributed by atoms with E-state index in [1.165, 1.54) is 0 Å². The van der Waals surface area contributed by atoms with Crippen molar-refractivity contribution < 1.29 is 9.59 Å². The molecule has 7 heteroatoms. The number of amides is 2. The van der Waals surface area contributed by atoms with Crippen LogP contribution in [0.3, 0.4) is 0 Å². The predicted molar refractivity (Wildman–Crippen MR) is 103 cm³/mol. The standard InChI is InChI=1S/C18H19Cl2N3O2/c1-2-9-21-18(25)12-3-6-14(7-4-12)22-11-17(24)23-16-10-13(19)5-8-15(16)20/h3-8,10,22H,2,9,11H2,1H3,(H,21,25)(H,23,24). The van der Waals surface area contributed by atoms with Crippen molar-refractivity contribution in [2.24, 2.45) is 0 Å². The van der Waals surface area contributed by atoms with Gasteiger partial charge in [-0.1, -0.05) is 30.1 Å². The molecule has 0 aliphatic carbocycles. The van der Waals surface area contributed by atoms with Gasteiger partial charge in [0, 0.05) is 22.8 Å². The molecule has 5 nitrogen and oxygen atoms in total. The van der Waals surface area contributed by atoms with Crippen molar-refractivity contribution in [3.8, 4) is 0 Å². The van der Waals surface area contributed by atoms with Crippen molar-refractivity contribution in [3.63, 3.8) is 0 Å². The van der Waals surface area contributed by atoms with Gasteiger partial charge in [-0.3, -0.25) is 9.59 Å². The molecule has 2 amide bonds. The van der Waals surface area contributed by atoms with Crippen LogP contribution in [0.2, 0.25) is 10.0 Å². The van der Waals surface area contributed by atoms with Crippen molar-refractivity contribution in [1.29, 1.82) is 0 Å².